The Morgan fingerprint density at radius 3 is 3.08 bits per heavy atom. The van der Waals surface area contributed by atoms with Crippen LogP contribution in [0, 0.1) is 0 Å². The molecule has 0 radical (unpaired) electrons. The molecule has 1 saturated heterocycles. The molecule has 0 amide bonds. The van der Waals surface area contributed by atoms with Crippen LogP contribution in [0.1, 0.15) is 12.8 Å². The smallest absolute Gasteiger partial charge is 0.0679 e. The average Bonchev–Trinajstić information content (AvgIpc) is 2.45. The lowest BCUT2D eigenvalue weighted by Crippen LogP contribution is -2.23. The summed E-state index contributed by atoms with van der Waals surface area (Å²) in [6.07, 6.45) is 1.61. The van der Waals surface area contributed by atoms with Crippen LogP contribution >= 0.6 is 0 Å². The van der Waals surface area contributed by atoms with Crippen LogP contribution in [0.3, 0.4) is 0 Å². The fourth-order valence-corrected chi connectivity index (χ4v) is 1.43. The van der Waals surface area contributed by atoms with E-state index in [0.717, 1.165) is 32.5 Å². The molecule has 0 aromatic rings. The Labute approximate surface area is 71.6 Å². The summed E-state index contributed by atoms with van der Waals surface area (Å²) in [5, 5.41) is 12.6. The van der Waals surface area contributed by atoms with Crippen molar-refractivity contribution in [3.05, 3.63) is 10.4 Å². The average molecular weight is 170 g/mol. The number of nitrogens with zero attached hydrogens (tertiary/aromatic N) is 4. The van der Waals surface area contributed by atoms with E-state index in [9.17, 15) is 5.11 Å². The molecule has 5 heteroatoms. The summed E-state index contributed by atoms with van der Waals surface area (Å²) >= 11 is 0. The minimum atomic E-state index is -0.149. The van der Waals surface area contributed by atoms with Gasteiger partial charge in [0.05, 0.1) is 6.10 Å². The first-order chi connectivity index (χ1) is 5.83. The zero-order valence-electron chi connectivity index (χ0n) is 7.06. The van der Waals surface area contributed by atoms with Gasteiger partial charge in [0.15, 0.2) is 0 Å². The van der Waals surface area contributed by atoms with E-state index >= 15 is 0 Å². The van der Waals surface area contributed by atoms with E-state index in [4.69, 9.17) is 5.53 Å². The monoisotopic (exact) mass is 170 g/mol. The summed E-state index contributed by atoms with van der Waals surface area (Å²) in [6, 6.07) is 0. The second kappa shape index (κ2) is 4.98. The number of azide groups is 1. The van der Waals surface area contributed by atoms with Crippen molar-refractivity contribution in [3.63, 3.8) is 0 Å². The summed E-state index contributed by atoms with van der Waals surface area (Å²) in [6.45, 7) is 3.23. The number of β-amino-alcohol motifs (C(OH)–C–C–N with tert-alkyl or cyclic N) is 1. The molecule has 5 nitrogen and oxygen atoms in total. The normalized spacial score (nSPS) is 23.9. The Kier molecular flexibility index (Phi) is 3.87. The van der Waals surface area contributed by atoms with Crippen LogP contribution < -0.4 is 0 Å². The lowest BCUT2D eigenvalue weighted by Gasteiger charge is -2.12. The molecule has 0 aromatic heterocycles. The molecule has 0 bridgehead atoms. The molecule has 0 aromatic carbocycles. The maximum atomic E-state index is 9.18. The highest BCUT2D eigenvalue weighted by Gasteiger charge is 2.18. The van der Waals surface area contributed by atoms with Gasteiger partial charge in [-0.2, -0.15) is 0 Å². The number of aliphatic hydroxyl groups is 1. The third-order valence-corrected chi connectivity index (χ3v) is 2.04. The predicted octanol–water partition coefficient (Wildman–Crippen LogP) is 0.753. The van der Waals surface area contributed by atoms with Crippen molar-refractivity contribution in [3.8, 4) is 0 Å². The lowest BCUT2D eigenvalue weighted by molar-refractivity contribution is 0.176. The Morgan fingerprint density at radius 2 is 2.50 bits per heavy atom. The number of likely N-dealkylation sites (tertiary alicyclic amines) is 1. The first kappa shape index (κ1) is 9.32. The SMILES string of the molecule is [N-]=[N+]=NCCCN1CCC(O)C1. The molecule has 1 aliphatic rings. The van der Waals surface area contributed by atoms with Crippen LogP contribution in [0.2, 0.25) is 0 Å². The fraction of sp³-hybridized carbons (Fsp3) is 1.00. The van der Waals surface area contributed by atoms with Gasteiger partial charge in [-0.15, -0.1) is 0 Å². The number of hydrogen-bond donors (Lipinski definition) is 1. The first-order valence-corrected chi connectivity index (χ1v) is 4.24. The second-order valence-electron chi connectivity index (χ2n) is 3.05. The van der Waals surface area contributed by atoms with E-state index in [-0.39, 0.29) is 6.10 Å². The molecule has 0 spiro atoms. The summed E-state index contributed by atoms with van der Waals surface area (Å²) in [7, 11) is 0. The quantitative estimate of drug-likeness (QED) is 0.293. The van der Waals surface area contributed by atoms with Gasteiger partial charge in [-0.05, 0) is 24.9 Å². The van der Waals surface area contributed by atoms with Crippen molar-refractivity contribution in [1.82, 2.24) is 4.90 Å². The van der Waals surface area contributed by atoms with Gasteiger partial charge >= 0.3 is 0 Å². The van der Waals surface area contributed by atoms with Crippen molar-refractivity contribution < 1.29 is 5.11 Å². The van der Waals surface area contributed by atoms with Gasteiger partial charge in [-0.3, -0.25) is 0 Å². The minimum absolute atomic E-state index is 0.149. The van der Waals surface area contributed by atoms with E-state index in [1.807, 2.05) is 0 Å². The highest BCUT2D eigenvalue weighted by Crippen LogP contribution is 2.08. The van der Waals surface area contributed by atoms with E-state index in [1.54, 1.807) is 0 Å². The topological polar surface area (TPSA) is 72.2 Å². The number of hydrogen-bond acceptors (Lipinski definition) is 3. The molecule has 1 N–H and O–H groups in total. The van der Waals surface area contributed by atoms with Gasteiger partial charge in [-0.25, -0.2) is 0 Å². The van der Waals surface area contributed by atoms with Crippen LogP contribution in [0.4, 0.5) is 0 Å². The van der Waals surface area contributed by atoms with Gasteiger partial charge < -0.3 is 10.0 Å². The molecule has 0 aliphatic carbocycles. The molecule has 1 heterocycles. The summed E-state index contributed by atoms with van der Waals surface area (Å²) in [5.41, 5.74) is 8.01. The van der Waals surface area contributed by atoms with Gasteiger partial charge in [-0.1, -0.05) is 5.11 Å². The summed E-state index contributed by atoms with van der Waals surface area (Å²) in [4.78, 5) is 4.86. The van der Waals surface area contributed by atoms with Crippen molar-refractivity contribution in [2.45, 2.75) is 18.9 Å². The minimum Gasteiger partial charge on any atom is -0.392 e. The van der Waals surface area contributed by atoms with Gasteiger partial charge in [0.25, 0.3) is 0 Å². The second-order valence-corrected chi connectivity index (χ2v) is 3.05. The van der Waals surface area contributed by atoms with Gasteiger partial charge in [0, 0.05) is 24.5 Å². The highest BCUT2D eigenvalue weighted by atomic mass is 16.3. The maximum absolute atomic E-state index is 9.18. The molecule has 1 aliphatic heterocycles. The van der Waals surface area contributed by atoms with Gasteiger partial charge in [0.2, 0.25) is 0 Å². The van der Waals surface area contributed by atoms with Crippen LogP contribution in [0.15, 0.2) is 5.11 Å². The van der Waals surface area contributed by atoms with Crippen molar-refractivity contribution in [2.24, 2.45) is 5.11 Å². The van der Waals surface area contributed by atoms with Crippen LogP contribution in [0.25, 0.3) is 10.4 Å². The molecular weight excluding hydrogens is 156 g/mol. The fourth-order valence-electron chi connectivity index (χ4n) is 1.43. The zero-order chi connectivity index (χ0) is 8.81. The largest absolute Gasteiger partial charge is 0.392 e. The molecule has 1 fully saturated rings. The van der Waals surface area contributed by atoms with E-state index < -0.39 is 0 Å². The maximum Gasteiger partial charge on any atom is 0.0679 e. The molecule has 12 heavy (non-hydrogen) atoms. The Morgan fingerprint density at radius 1 is 1.67 bits per heavy atom. The standard InChI is InChI=1S/C7H14N4O/c8-10-9-3-1-4-11-5-2-7(12)6-11/h7,12H,1-6H2. The summed E-state index contributed by atoms with van der Waals surface area (Å²) < 4.78 is 0. The number of rotatable bonds is 4. The lowest BCUT2D eigenvalue weighted by atomic mass is 10.3. The first-order valence-electron chi connectivity index (χ1n) is 4.24. The third-order valence-electron chi connectivity index (χ3n) is 2.04. The Hall–Kier alpha value is -0.770. The highest BCUT2D eigenvalue weighted by molar-refractivity contribution is 4.74. The Balaban J connectivity index is 2.04. The molecule has 68 valence electrons. The van der Waals surface area contributed by atoms with Crippen LogP contribution in [-0.2, 0) is 0 Å². The molecular formula is C7H14N4O. The number of aliphatic hydroxyl groups excluding tert-OH is 1. The van der Waals surface area contributed by atoms with Crippen LogP contribution in [0.5, 0.6) is 0 Å². The Bertz CT molecular complexity index is 178. The molecule has 0 saturated carbocycles. The van der Waals surface area contributed by atoms with E-state index in [1.165, 1.54) is 0 Å². The zero-order valence-corrected chi connectivity index (χ0v) is 7.06. The van der Waals surface area contributed by atoms with E-state index in [2.05, 4.69) is 14.9 Å². The predicted molar refractivity (Wildman–Crippen MR) is 45.7 cm³/mol. The van der Waals surface area contributed by atoms with Crippen molar-refractivity contribution >= 4 is 0 Å². The molecule has 1 atom stereocenters. The third kappa shape index (κ3) is 3.09. The molecule has 1 unspecified atom stereocenters. The summed E-state index contributed by atoms with van der Waals surface area (Å²) in [5.74, 6) is 0. The van der Waals surface area contributed by atoms with Crippen molar-refractivity contribution in [1.29, 1.82) is 0 Å². The van der Waals surface area contributed by atoms with Crippen LogP contribution in [-0.4, -0.2) is 42.3 Å². The van der Waals surface area contributed by atoms with Crippen molar-refractivity contribution in [2.75, 3.05) is 26.2 Å². The molecule has 1 rings (SSSR count). The van der Waals surface area contributed by atoms with E-state index in [0.29, 0.717) is 6.54 Å². The van der Waals surface area contributed by atoms with Gasteiger partial charge in [0.1, 0.15) is 0 Å².